The summed E-state index contributed by atoms with van der Waals surface area (Å²) in [5.74, 6) is 1.69. The fraction of sp³-hybridized carbons (Fsp3) is 0.364. The molecule has 0 unspecified atom stereocenters. The van der Waals surface area contributed by atoms with Gasteiger partial charge in [-0.25, -0.2) is 0 Å². The van der Waals surface area contributed by atoms with E-state index in [2.05, 4.69) is 17.8 Å². The average Bonchev–Trinajstić information content (AvgIpc) is 2.65. The first-order valence-electron chi connectivity index (χ1n) is 4.77. The molecular weight excluding hydrogens is 178 g/mol. The van der Waals surface area contributed by atoms with Crippen molar-refractivity contribution in [2.24, 2.45) is 0 Å². The highest BCUT2D eigenvalue weighted by atomic mass is 16.7. The highest BCUT2D eigenvalue weighted by Crippen LogP contribution is 2.32. The molecule has 3 heteroatoms. The molecule has 0 amide bonds. The summed E-state index contributed by atoms with van der Waals surface area (Å²) < 4.78 is 10.5. The van der Waals surface area contributed by atoms with Gasteiger partial charge in [0, 0.05) is 6.54 Å². The van der Waals surface area contributed by atoms with Crippen molar-refractivity contribution in [1.29, 1.82) is 0 Å². The van der Waals surface area contributed by atoms with E-state index in [1.807, 2.05) is 19.1 Å². The summed E-state index contributed by atoms with van der Waals surface area (Å²) in [6, 6.07) is 6.02. The molecule has 0 saturated heterocycles. The Labute approximate surface area is 84.0 Å². The first kappa shape index (κ1) is 9.34. The van der Waals surface area contributed by atoms with Gasteiger partial charge in [-0.3, -0.25) is 0 Å². The van der Waals surface area contributed by atoms with Crippen molar-refractivity contribution in [3.05, 3.63) is 30.2 Å². The Bertz CT molecular complexity index is 312. The van der Waals surface area contributed by atoms with Crippen LogP contribution in [-0.4, -0.2) is 13.3 Å². The van der Waals surface area contributed by atoms with Crippen LogP contribution in [0.5, 0.6) is 11.5 Å². The van der Waals surface area contributed by atoms with Gasteiger partial charge in [-0.05, 0) is 30.7 Å². The summed E-state index contributed by atoms with van der Waals surface area (Å²) in [5, 5.41) is 3.29. The number of hydrogen-bond acceptors (Lipinski definition) is 3. The van der Waals surface area contributed by atoms with Crippen molar-refractivity contribution in [3.8, 4) is 11.5 Å². The maximum Gasteiger partial charge on any atom is 0.231 e. The molecule has 0 fully saturated rings. The zero-order chi connectivity index (χ0) is 9.80. The average molecular weight is 192 g/mol. The first-order chi connectivity index (χ1) is 6.90. The zero-order valence-electron chi connectivity index (χ0n) is 8.25. The van der Waals surface area contributed by atoms with Gasteiger partial charge in [-0.1, -0.05) is 13.0 Å². The quantitative estimate of drug-likeness (QED) is 0.737. The molecule has 0 saturated carbocycles. The molecule has 75 valence electrons. The molecule has 1 radical (unpaired) electrons. The van der Waals surface area contributed by atoms with Crippen molar-refractivity contribution >= 4 is 0 Å². The molecular formula is C11H14NO2. The molecule has 1 aromatic carbocycles. The maximum absolute atomic E-state index is 5.29. The van der Waals surface area contributed by atoms with Crippen LogP contribution in [0.1, 0.15) is 12.5 Å². The van der Waals surface area contributed by atoms with Crippen molar-refractivity contribution in [3.63, 3.8) is 0 Å². The van der Waals surface area contributed by atoms with E-state index in [1.165, 1.54) is 5.56 Å². The Hall–Kier alpha value is -1.22. The fourth-order valence-electron chi connectivity index (χ4n) is 1.41. The SMILES string of the molecule is C[CH]CNCc1ccc2c(c1)OCO2. The highest BCUT2D eigenvalue weighted by Gasteiger charge is 2.12. The summed E-state index contributed by atoms with van der Waals surface area (Å²) in [5.41, 5.74) is 1.22. The molecule has 0 aromatic heterocycles. The second kappa shape index (κ2) is 4.33. The van der Waals surface area contributed by atoms with Crippen molar-refractivity contribution in [2.45, 2.75) is 13.5 Å². The Morgan fingerprint density at radius 2 is 2.21 bits per heavy atom. The minimum Gasteiger partial charge on any atom is -0.454 e. The van der Waals surface area contributed by atoms with E-state index in [4.69, 9.17) is 9.47 Å². The minimum absolute atomic E-state index is 0.342. The third kappa shape index (κ3) is 1.99. The summed E-state index contributed by atoms with van der Waals surface area (Å²) in [6.07, 6.45) is 2.09. The lowest BCUT2D eigenvalue weighted by atomic mass is 10.2. The largest absolute Gasteiger partial charge is 0.454 e. The normalized spacial score (nSPS) is 13.2. The lowest BCUT2D eigenvalue weighted by molar-refractivity contribution is 0.174. The van der Waals surface area contributed by atoms with Crippen molar-refractivity contribution in [2.75, 3.05) is 13.3 Å². The number of hydrogen-bond donors (Lipinski definition) is 1. The van der Waals surface area contributed by atoms with Crippen LogP contribution in [0.3, 0.4) is 0 Å². The molecule has 0 aliphatic carbocycles. The van der Waals surface area contributed by atoms with Gasteiger partial charge >= 0.3 is 0 Å². The molecule has 0 bridgehead atoms. The Morgan fingerprint density at radius 1 is 1.36 bits per heavy atom. The molecule has 1 aliphatic heterocycles. The predicted molar refractivity (Wildman–Crippen MR) is 54.2 cm³/mol. The van der Waals surface area contributed by atoms with Crippen LogP contribution < -0.4 is 14.8 Å². The number of rotatable bonds is 4. The van der Waals surface area contributed by atoms with Gasteiger partial charge in [0.05, 0.1) is 0 Å². The fourth-order valence-corrected chi connectivity index (χ4v) is 1.41. The minimum atomic E-state index is 0.342. The van der Waals surface area contributed by atoms with E-state index in [-0.39, 0.29) is 0 Å². The van der Waals surface area contributed by atoms with Gasteiger partial charge in [0.15, 0.2) is 11.5 Å². The third-order valence-corrected chi connectivity index (χ3v) is 2.11. The van der Waals surface area contributed by atoms with Gasteiger partial charge in [0.25, 0.3) is 0 Å². The monoisotopic (exact) mass is 192 g/mol. The molecule has 0 atom stereocenters. The second-order valence-corrected chi connectivity index (χ2v) is 3.23. The van der Waals surface area contributed by atoms with E-state index < -0.39 is 0 Å². The van der Waals surface area contributed by atoms with Crippen LogP contribution in [0.25, 0.3) is 0 Å². The molecule has 1 N–H and O–H groups in total. The first-order valence-corrected chi connectivity index (χ1v) is 4.77. The van der Waals surface area contributed by atoms with Crippen LogP contribution in [-0.2, 0) is 6.54 Å². The van der Waals surface area contributed by atoms with E-state index in [9.17, 15) is 0 Å². The van der Waals surface area contributed by atoms with Gasteiger partial charge in [-0.15, -0.1) is 0 Å². The maximum atomic E-state index is 5.29. The second-order valence-electron chi connectivity index (χ2n) is 3.23. The van der Waals surface area contributed by atoms with E-state index in [0.717, 1.165) is 24.6 Å². The Kier molecular flexibility index (Phi) is 2.89. The number of benzene rings is 1. The van der Waals surface area contributed by atoms with E-state index in [1.54, 1.807) is 0 Å². The molecule has 14 heavy (non-hydrogen) atoms. The highest BCUT2D eigenvalue weighted by molar-refractivity contribution is 5.44. The topological polar surface area (TPSA) is 30.5 Å². The predicted octanol–water partition coefficient (Wildman–Crippen LogP) is 1.73. The van der Waals surface area contributed by atoms with Crippen LogP contribution in [0.15, 0.2) is 18.2 Å². The molecule has 3 nitrogen and oxygen atoms in total. The van der Waals surface area contributed by atoms with E-state index >= 15 is 0 Å². The van der Waals surface area contributed by atoms with Crippen LogP contribution in [0.4, 0.5) is 0 Å². The van der Waals surface area contributed by atoms with Crippen molar-refractivity contribution < 1.29 is 9.47 Å². The molecule has 2 rings (SSSR count). The zero-order valence-corrected chi connectivity index (χ0v) is 8.25. The molecule has 1 aliphatic rings. The summed E-state index contributed by atoms with van der Waals surface area (Å²) >= 11 is 0. The van der Waals surface area contributed by atoms with Crippen LogP contribution in [0.2, 0.25) is 0 Å². The number of fused-ring (bicyclic) bond motifs is 1. The molecule has 1 heterocycles. The van der Waals surface area contributed by atoms with E-state index in [0.29, 0.717) is 6.79 Å². The van der Waals surface area contributed by atoms with Gasteiger partial charge in [0.1, 0.15) is 0 Å². The smallest absolute Gasteiger partial charge is 0.231 e. The van der Waals surface area contributed by atoms with Crippen LogP contribution >= 0.6 is 0 Å². The standard InChI is InChI=1S/C11H14NO2/c1-2-5-12-7-9-3-4-10-11(6-9)14-8-13-10/h2-4,6,12H,5,7-8H2,1H3. The Balaban J connectivity index is 1.98. The summed E-state index contributed by atoms with van der Waals surface area (Å²) in [4.78, 5) is 0. The lowest BCUT2D eigenvalue weighted by Gasteiger charge is -2.03. The van der Waals surface area contributed by atoms with Gasteiger partial charge in [0.2, 0.25) is 6.79 Å². The number of ether oxygens (including phenoxy) is 2. The molecule has 0 spiro atoms. The van der Waals surface area contributed by atoms with Gasteiger partial charge < -0.3 is 14.8 Å². The number of nitrogens with one attached hydrogen (secondary N) is 1. The van der Waals surface area contributed by atoms with Crippen molar-refractivity contribution in [1.82, 2.24) is 5.32 Å². The van der Waals surface area contributed by atoms with Crippen LogP contribution in [0, 0.1) is 6.42 Å². The lowest BCUT2D eigenvalue weighted by Crippen LogP contribution is -2.13. The summed E-state index contributed by atoms with van der Waals surface area (Å²) in [6.45, 7) is 4.16. The third-order valence-electron chi connectivity index (χ3n) is 2.11. The Morgan fingerprint density at radius 3 is 3.07 bits per heavy atom. The summed E-state index contributed by atoms with van der Waals surface area (Å²) in [7, 11) is 0. The van der Waals surface area contributed by atoms with Gasteiger partial charge in [-0.2, -0.15) is 0 Å². The molecule has 1 aromatic rings.